The van der Waals surface area contributed by atoms with Crippen LogP contribution in [-0.2, 0) is 14.6 Å². The Morgan fingerprint density at radius 3 is 2.45 bits per heavy atom. The SMILES string of the molecule is CC1(C)OCC(C=Cc2ccc(Nc3ncc(S(C)(=O)=O)cn3)cc2)N1C(=O)O. The molecular weight excluding hydrogens is 396 g/mol. The summed E-state index contributed by atoms with van der Waals surface area (Å²) in [5.74, 6) is 0.281. The minimum atomic E-state index is -3.34. The van der Waals surface area contributed by atoms with E-state index in [1.54, 1.807) is 19.9 Å². The second-order valence-corrected chi connectivity index (χ2v) is 9.11. The molecule has 154 valence electrons. The summed E-state index contributed by atoms with van der Waals surface area (Å²) in [5.41, 5.74) is 0.757. The second kappa shape index (κ2) is 7.80. The van der Waals surface area contributed by atoms with Gasteiger partial charge in [-0.3, -0.25) is 4.90 Å². The van der Waals surface area contributed by atoms with Gasteiger partial charge in [0, 0.05) is 11.9 Å². The van der Waals surface area contributed by atoms with Crippen LogP contribution in [0.2, 0.25) is 0 Å². The lowest BCUT2D eigenvalue weighted by molar-refractivity contribution is -0.0409. The summed E-state index contributed by atoms with van der Waals surface area (Å²) < 4.78 is 28.4. The van der Waals surface area contributed by atoms with Crippen LogP contribution in [0, 0.1) is 0 Å². The standard InChI is InChI=1S/C19H22N4O5S/c1-19(2)23(18(24)25)15(12-28-19)9-6-13-4-7-14(8-5-13)22-17-20-10-16(11-21-17)29(3,26)27/h4-11,15H,12H2,1-3H3,(H,24,25)(H,20,21,22). The van der Waals surface area contributed by atoms with Crippen LogP contribution in [0.4, 0.5) is 16.4 Å². The summed E-state index contributed by atoms with van der Waals surface area (Å²) in [5, 5.41) is 12.4. The topological polar surface area (TPSA) is 122 Å². The molecule has 29 heavy (non-hydrogen) atoms. The summed E-state index contributed by atoms with van der Waals surface area (Å²) >= 11 is 0. The number of hydrogen-bond acceptors (Lipinski definition) is 7. The van der Waals surface area contributed by atoms with Gasteiger partial charge >= 0.3 is 6.09 Å². The Hall–Kier alpha value is -2.98. The highest BCUT2D eigenvalue weighted by molar-refractivity contribution is 7.90. The fraction of sp³-hybridized carbons (Fsp3) is 0.316. The van der Waals surface area contributed by atoms with Crippen molar-refractivity contribution in [2.45, 2.75) is 30.5 Å². The van der Waals surface area contributed by atoms with Crippen LogP contribution in [0.1, 0.15) is 19.4 Å². The first-order valence-electron chi connectivity index (χ1n) is 8.80. The Kier molecular flexibility index (Phi) is 5.58. The van der Waals surface area contributed by atoms with Crippen molar-refractivity contribution in [3.63, 3.8) is 0 Å². The maximum absolute atomic E-state index is 11.5. The van der Waals surface area contributed by atoms with Crippen molar-refractivity contribution in [1.82, 2.24) is 14.9 Å². The molecule has 1 aromatic carbocycles. The Morgan fingerprint density at radius 1 is 1.28 bits per heavy atom. The van der Waals surface area contributed by atoms with Crippen molar-refractivity contribution in [3.8, 4) is 0 Å². The number of anilines is 2. The number of nitrogens with one attached hydrogen (secondary N) is 1. The summed E-state index contributed by atoms with van der Waals surface area (Å²) in [4.78, 5) is 20.8. The predicted octanol–water partition coefficient (Wildman–Crippen LogP) is 2.75. The smallest absolute Gasteiger partial charge is 0.410 e. The fourth-order valence-corrected chi connectivity index (χ4v) is 3.44. The van der Waals surface area contributed by atoms with E-state index < -0.39 is 21.7 Å². The van der Waals surface area contributed by atoms with Crippen molar-refractivity contribution in [2.75, 3.05) is 18.2 Å². The third kappa shape index (κ3) is 4.90. The molecule has 1 saturated heterocycles. The average molecular weight is 418 g/mol. The van der Waals surface area contributed by atoms with E-state index in [0.29, 0.717) is 6.61 Å². The highest BCUT2D eigenvalue weighted by Gasteiger charge is 2.42. The zero-order valence-corrected chi connectivity index (χ0v) is 17.0. The van der Waals surface area contributed by atoms with E-state index in [1.807, 2.05) is 30.3 Å². The number of benzene rings is 1. The number of amides is 1. The van der Waals surface area contributed by atoms with Crippen LogP contribution in [0.25, 0.3) is 6.08 Å². The van der Waals surface area contributed by atoms with E-state index in [1.165, 1.54) is 17.3 Å². The number of rotatable bonds is 5. The predicted molar refractivity (Wildman–Crippen MR) is 108 cm³/mol. The molecule has 0 saturated carbocycles. The molecule has 1 aliphatic heterocycles. The largest absolute Gasteiger partial charge is 0.465 e. The van der Waals surface area contributed by atoms with E-state index >= 15 is 0 Å². The third-order valence-corrected chi connectivity index (χ3v) is 5.53. The Labute approximate surface area is 169 Å². The van der Waals surface area contributed by atoms with Crippen molar-refractivity contribution in [1.29, 1.82) is 0 Å². The monoisotopic (exact) mass is 418 g/mol. The number of hydrogen-bond donors (Lipinski definition) is 2. The Morgan fingerprint density at radius 2 is 1.90 bits per heavy atom. The molecule has 0 spiro atoms. The van der Waals surface area contributed by atoms with Gasteiger partial charge in [-0.1, -0.05) is 24.3 Å². The molecule has 1 aromatic heterocycles. The number of aromatic nitrogens is 2. The van der Waals surface area contributed by atoms with Gasteiger partial charge in [0.25, 0.3) is 0 Å². The minimum Gasteiger partial charge on any atom is -0.465 e. The maximum atomic E-state index is 11.5. The summed E-state index contributed by atoms with van der Waals surface area (Å²) in [6.07, 6.45) is 6.22. The first kappa shape index (κ1) is 20.7. The van der Waals surface area contributed by atoms with Crippen LogP contribution in [0.15, 0.2) is 47.6 Å². The van der Waals surface area contributed by atoms with Crippen LogP contribution >= 0.6 is 0 Å². The lowest BCUT2D eigenvalue weighted by Crippen LogP contribution is -2.46. The number of sulfone groups is 1. The molecular formula is C19H22N4O5S. The van der Waals surface area contributed by atoms with Crippen molar-refractivity contribution in [3.05, 3.63) is 48.3 Å². The van der Waals surface area contributed by atoms with E-state index in [0.717, 1.165) is 17.5 Å². The molecule has 2 heterocycles. The lowest BCUT2D eigenvalue weighted by Gasteiger charge is -2.29. The molecule has 2 aromatic rings. The highest BCUT2D eigenvalue weighted by atomic mass is 32.2. The third-order valence-electron chi connectivity index (χ3n) is 4.46. The first-order chi connectivity index (χ1) is 13.6. The van der Waals surface area contributed by atoms with Crippen LogP contribution < -0.4 is 5.32 Å². The number of carbonyl (C=O) groups is 1. The fourth-order valence-electron chi connectivity index (χ4n) is 2.95. The summed E-state index contributed by atoms with van der Waals surface area (Å²) in [6, 6.07) is 6.99. The van der Waals surface area contributed by atoms with Gasteiger partial charge in [-0.05, 0) is 31.5 Å². The summed E-state index contributed by atoms with van der Waals surface area (Å²) in [6.45, 7) is 3.75. The van der Waals surface area contributed by atoms with Gasteiger partial charge in [0.15, 0.2) is 9.84 Å². The number of carboxylic acid groups (broad SMARTS) is 1. The normalized spacial score (nSPS) is 18.9. The van der Waals surface area contributed by atoms with Crippen molar-refractivity contribution >= 4 is 33.6 Å². The average Bonchev–Trinajstić information content (AvgIpc) is 2.95. The molecule has 2 N–H and O–H groups in total. The molecule has 10 heteroatoms. The molecule has 0 bridgehead atoms. The van der Waals surface area contributed by atoms with Gasteiger partial charge in [0.2, 0.25) is 5.95 Å². The van der Waals surface area contributed by atoms with E-state index in [-0.39, 0.29) is 16.9 Å². The summed E-state index contributed by atoms with van der Waals surface area (Å²) in [7, 11) is -3.34. The minimum absolute atomic E-state index is 0.0537. The molecule has 1 atom stereocenters. The molecule has 1 amide bonds. The molecule has 0 aliphatic carbocycles. The van der Waals surface area contributed by atoms with Crippen molar-refractivity contribution < 1.29 is 23.1 Å². The highest BCUT2D eigenvalue weighted by Crippen LogP contribution is 2.28. The van der Waals surface area contributed by atoms with Crippen molar-refractivity contribution in [2.24, 2.45) is 0 Å². The number of nitrogens with zero attached hydrogens (tertiary/aromatic N) is 3. The molecule has 1 unspecified atom stereocenters. The Balaban J connectivity index is 1.66. The number of ether oxygens (including phenoxy) is 1. The Bertz CT molecular complexity index is 1020. The molecule has 0 radical (unpaired) electrons. The molecule has 1 fully saturated rings. The zero-order chi connectivity index (χ0) is 21.2. The van der Waals surface area contributed by atoms with Gasteiger partial charge < -0.3 is 15.2 Å². The first-order valence-corrected chi connectivity index (χ1v) is 10.7. The van der Waals surface area contributed by atoms with Gasteiger partial charge in [-0.25, -0.2) is 23.2 Å². The van der Waals surface area contributed by atoms with Crippen LogP contribution in [0.5, 0.6) is 0 Å². The quantitative estimate of drug-likeness (QED) is 0.760. The molecule has 1 aliphatic rings. The van der Waals surface area contributed by atoms with Crippen LogP contribution in [-0.4, -0.2) is 59.1 Å². The van der Waals surface area contributed by atoms with E-state index in [9.17, 15) is 18.3 Å². The molecule has 3 rings (SSSR count). The van der Waals surface area contributed by atoms with E-state index in [4.69, 9.17) is 4.74 Å². The second-order valence-electron chi connectivity index (χ2n) is 7.10. The van der Waals surface area contributed by atoms with Gasteiger partial charge in [0.1, 0.15) is 10.6 Å². The molecule has 9 nitrogen and oxygen atoms in total. The van der Waals surface area contributed by atoms with Gasteiger partial charge in [0.05, 0.1) is 25.0 Å². The van der Waals surface area contributed by atoms with Crippen LogP contribution in [0.3, 0.4) is 0 Å². The lowest BCUT2D eigenvalue weighted by atomic mass is 10.1. The zero-order valence-electron chi connectivity index (χ0n) is 16.2. The van der Waals surface area contributed by atoms with E-state index in [2.05, 4.69) is 15.3 Å². The maximum Gasteiger partial charge on any atom is 0.410 e. The van der Waals surface area contributed by atoms with Gasteiger partial charge in [-0.2, -0.15) is 0 Å². The van der Waals surface area contributed by atoms with Gasteiger partial charge in [-0.15, -0.1) is 0 Å².